The predicted molar refractivity (Wildman–Crippen MR) is 151 cm³/mol. The third kappa shape index (κ3) is 7.77. The Balaban J connectivity index is 1.68. The molecule has 1 aromatic carbocycles. The number of hydrogen-bond donors (Lipinski definition) is 4. The molecule has 1 saturated heterocycles. The Kier molecular flexibility index (Phi) is 10.3. The topological polar surface area (TPSA) is 141 Å². The monoisotopic (exact) mass is 594 g/mol. The third-order valence-electron chi connectivity index (χ3n) is 7.41. The molecule has 0 aliphatic carbocycles. The molecule has 1 aliphatic rings. The van der Waals surface area contributed by atoms with Crippen LogP contribution in [0, 0.1) is 5.41 Å². The number of rotatable bonds is 11. The minimum atomic E-state index is -1.11. The Labute approximate surface area is 244 Å². The van der Waals surface area contributed by atoms with E-state index in [1.54, 1.807) is 29.7 Å². The van der Waals surface area contributed by atoms with Crippen molar-refractivity contribution in [1.82, 2.24) is 20.7 Å². The molecule has 1 aliphatic heterocycles. The third-order valence-corrected chi connectivity index (χ3v) is 7.79. The largest absolute Gasteiger partial charge is 0.489 e. The van der Waals surface area contributed by atoms with Crippen LogP contribution in [0.3, 0.4) is 0 Å². The van der Waals surface area contributed by atoms with E-state index in [0.717, 1.165) is 11.1 Å². The van der Waals surface area contributed by atoms with Crippen LogP contribution in [0.5, 0.6) is 5.75 Å². The number of aromatic nitrogens is 1. The smallest absolute Gasteiger partial charge is 0.404 e. The molecule has 3 amide bonds. The van der Waals surface area contributed by atoms with Crippen molar-refractivity contribution in [3.8, 4) is 5.75 Å². The van der Waals surface area contributed by atoms with E-state index < -0.39 is 23.5 Å². The summed E-state index contributed by atoms with van der Waals surface area (Å²) in [6, 6.07) is 9.33. The van der Waals surface area contributed by atoms with Gasteiger partial charge < -0.3 is 20.1 Å². The molecule has 3 atom stereocenters. The van der Waals surface area contributed by atoms with E-state index in [0.29, 0.717) is 31.6 Å². The maximum Gasteiger partial charge on any atom is 0.404 e. The van der Waals surface area contributed by atoms with Gasteiger partial charge in [0.1, 0.15) is 28.7 Å². The van der Waals surface area contributed by atoms with Crippen molar-refractivity contribution in [3.63, 3.8) is 0 Å². The molecule has 0 bridgehead atoms. The van der Waals surface area contributed by atoms with Crippen molar-refractivity contribution in [2.24, 2.45) is 5.41 Å². The van der Waals surface area contributed by atoms with Crippen molar-refractivity contribution in [3.05, 3.63) is 57.8 Å². The number of pyridine rings is 1. The summed E-state index contributed by atoms with van der Waals surface area (Å²) >= 11 is 11.9. The Hall–Kier alpha value is -3.08. The zero-order chi connectivity index (χ0) is 29.7. The van der Waals surface area contributed by atoms with Gasteiger partial charge in [-0.25, -0.2) is 15.3 Å². The van der Waals surface area contributed by atoms with Crippen LogP contribution in [-0.4, -0.2) is 56.7 Å². The number of hydrogen-bond acceptors (Lipinski definition) is 6. The molecule has 0 saturated carbocycles. The van der Waals surface area contributed by atoms with Gasteiger partial charge in [0.25, 0.3) is 5.91 Å². The van der Waals surface area contributed by atoms with E-state index in [9.17, 15) is 24.7 Å². The molecule has 218 valence electrons. The number of likely N-dealkylation sites (tertiary alicyclic amines) is 1. The molecule has 1 fully saturated rings. The molecule has 12 heteroatoms. The van der Waals surface area contributed by atoms with Crippen molar-refractivity contribution >= 4 is 41.1 Å². The number of nitrogens with zero attached hydrogens (tertiary/aromatic N) is 2. The molecule has 2 aromatic rings. The average molecular weight is 596 g/mol. The van der Waals surface area contributed by atoms with E-state index in [1.165, 1.54) is 4.90 Å². The lowest BCUT2D eigenvalue weighted by atomic mass is 9.81. The van der Waals surface area contributed by atoms with Gasteiger partial charge in [0, 0.05) is 12.6 Å². The summed E-state index contributed by atoms with van der Waals surface area (Å²) in [5.41, 5.74) is 2.05. The first-order chi connectivity index (χ1) is 18.7. The van der Waals surface area contributed by atoms with Gasteiger partial charge in [0.15, 0.2) is 0 Å². The maximum atomic E-state index is 13.7. The molecule has 3 rings (SSSR count). The summed E-state index contributed by atoms with van der Waals surface area (Å²) < 4.78 is 5.83. The number of carbonyl (C=O) groups is 3. The zero-order valence-corrected chi connectivity index (χ0v) is 24.6. The highest BCUT2D eigenvalue weighted by Crippen LogP contribution is 2.38. The quantitative estimate of drug-likeness (QED) is 0.159. The highest BCUT2D eigenvalue weighted by atomic mass is 35.5. The summed E-state index contributed by atoms with van der Waals surface area (Å²) in [5, 5.41) is 21.7. The first-order valence-corrected chi connectivity index (χ1v) is 13.8. The second-order valence-electron chi connectivity index (χ2n) is 11.3. The molecule has 0 radical (unpaired) electrons. The standard InChI is InChI=1S/C28H36Cl2N4O6/c1-27(2,3)21(31-26(37)38)7-5-6-20(24(35)33-39)34-13-12-28(4,25(34)36)18-8-10-19(11-9-18)40-16-17-14-22(29)32-23(30)15-17/h8-11,14-15,20-21,31,39H,5-7,12-13,16H2,1-4H3,(H,33,35)(H,37,38)/t20?,21-,28?/m1/s1. The van der Waals surface area contributed by atoms with Gasteiger partial charge in [-0.1, -0.05) is 56.1 Å². The minimum absolute atomic E-state index is 0.216. The number of nitrogens with one attached hydrogen (secondary N) is 2. The highest BCUT2D eigenvalue weighted by Gasteiger charge is 2.47. The summed E-state index contributed by atoms with van der Waals surface area (Å²) in [5.74, 6) is -0.289. The predicted octanol–water partition coefficient (Wildman–Crippen LogP) is 5.18. The number of carboxylic acid groups (broad SMARTS) is 1. The van der Waals surface area contributed by atoms with Crippen LogP contribution in [0.15, 0.2) is 36.4 Å². The summed E-state index contributed by atoms with van der Waals surface area (Å²) in [4.78, 5) is 42.9. The lowest BCUT2D eigenvalue weighted by Gasteiger charge is -2.32. The van der Waals surface area contributed by atoms with Crippen molar-refractivity contribution in [2.75, 3.05) is 6.54 Å². The second kappa shape index (κ2) is 13.1. The fourth-order valence-corrected chi connectivity index (χ4v) is 5.51. The zero-order valence-electron chi connectivity index (χ0n) is 23.0. The molecule has 4 N–H and O–H groups in total. The molecule has 10 nitrogen and oxygen atoms in total. The van der Waals surface area contributed by atoms with Gasteiger partial charge in [-0.3, -0.25) is 14.8 Å². The average Bonchev–Trinajstić information content (AvgIpc) is 3.18. The molecular weight excluding hydrogens is 559 g/mol. The summed E-state index contributed by atoms with van der Waals surface area (Å²) in [6.45, 7) is 8.21. The van der Waals surface area contributed by atoms with Crippen LogP contribution in [0.4, 0.5) is 4.79 Å². The Morgan fingerprint density at radius 2 is 1.77 bits per heavy atom. The van der Waals surface area contributed by atoms with E-state index in [4.69, 9.17) is 27.9 Å². The van der Waals surface area contributed by atoms with Crippen LogP contribution >= 0.6 is 23.2 Å². The highest BCUT2D eigenvalue weighted by molar-refractivity contribution is 6.32. The Morgan fingerprint density at radius 3 is 2.33 bits per heavy atom. The van der Waals surface area contributed by atoms with Crippen molar-refractivity contribution < 1.29 is 29.4 Å². The van der Waals surface area contributed by atoms with Crippen LogP contribution in [-0.2, 0) is 21.6 Å². The van der Waals surface area contributed by atoms with Gasteiger partial charge in [-0.05, 0) is 73.4 Å². The first-order valence-electron chi connectivity index (χ1n) is 13.0. The summed E-state index contributed by atoms with van der Waals surface area (Å²) in [6.07, 6.45) is 0.598. The van der Waals surface area contributed by atoms with Gasteiger partial charge in [0.2, 0.25) is 5.91 Å². The number of ether oxygens (including phenoxy) is 1. The number of carbonyl (C=O) groups excluding carboxylic acids is 2. The van der Waals surface area contributed by atoms with Gasteiger partial charge in [-0.15, -0.1) is 0 Å². The van der Waals surface area contributed by atoms with Crippen LogP contribution in [0.25, 0.3) is 0 Å². The lowest BCUT2D eigenvalue weighted by molar-refractivity contribution is -0.144. The van der Waals surface area contributed by atoms with Gasteiger partial charge >= 0.3 is 6.09 Å². The fraction of sp³-hybridized carbons (Fsp3) is 0.500. The molecule has 40 heavy (non-hydrogen) atoms. The number of hydroxylamine groups is 1. The van der Waals surface area contributed by atoms with E-state index in [-0.39, 0.29) is 40.7 Å². The first kappa shape index (κ1) is 31.4. The molecule has 1 aromatic heterocycles. The summed E-state index contributed by atoms with van der Waals surface area (Å²) in [7, 11) is 0. The fourth-order valence-electron chi connectivity index (χ4n) is 5.01. The molecule has 0 spiro atoms. The normalized spacial score (nSPS) is 18.8. The van der Waals surface area contributed by atoms with Gasteiger partial charge in [0.05, 0.1) is 5.41 Å². The SMILES string of the molecule is CC1(c2ccc(OCc3cc(Cl)nc(Cl)c3)cc2)CCN(C(CCC[C@@H](NC(=O)O)C(C)(C)C)C(=O)NO)C1=O. The Bertz CT molecular complexity index is 1200. The minimum Gasteiger partial charge on any atom is -0.489 e. The van der Waals surface area contributed by atoms with Crippen LogP contribution < -0.4 is 15.5 Å². The maximum absolute atomic E-state index is 13.7. The van der Waals surface area contributed by atoms with Crippen molar-refractivity contribution in [2.45, 2.75) is 77.5 Å². The Morgan fingerprint density at radius 1 is 1.15 bits per heavy atom. The molecular formula is C28H36Cl2N4O6. The van der Waals surface area contributed by atoms with E-state index in [1.807, 2.05) is 39.8 Å². The van der Waals surface area contributed by atoms with Crippen LogP contribution in [0.2, 0.25) is 10.3 Å². The number of amides is 3. The number of halogens is 2. The molecule has 2 heterocycles. The molecule has 2 unspecified atom stereocenters. The van der Waals surface area contributed by atoms with Crippen LogP contribution in [0.1, 0.15) is 64.5 Å². The van der Waals surface area contributed by atoms with E-state index in [2.05, 4.69) is 10.3 Å². The van der Waals surface area contributed by atoms with E-state index >= 15 is 0 Å². The lowest BCUT2D eigenvalue weighted by Crippen LogP contribution is -2.49. The van der Waals surface area contributed by atoms with Gasteiger partial charge in [-0.2, -0.15) is 0 Å². The number of benzene rings is 1. The van der Waals surface area contributed by atoms with Crippen molar-refractivity contribution in [1.29, 1.82) is 0 Å². The second-order valence-corrected chi connectivity index (χ2v) is 12.1.